The Labute approximate surface area is 122 Å². The number of hydrazone groups is 1. The fourth-order valence-electron chi connectivity index (χ4n) is 1.56. The molecule has 0 fully saturated rings. The van der Waals surface area contributed by atoms with Gasteiger partial charge in [-0.25, -0.2) is 4.39 Å². The zero-order chi connectivity index (χ0) is 14.2. The van der Waals surface area contributed by atoms with Crippen LogP contribution in [0.4, 0.5) is 4.39 Å². The molecule has 0 atom stereocenters. The molecule has 2 N–H and O–H groups in total. The van der Waals surface area contributed by atoms with Crippen LogP contribution in [0.1, 0.15) is 11.1 Å². The summed E-state index contributed by atoms with van der Waals surface area (Å²) in [5.41, 5.74) is 4.18. The normalized spacial score (nSPS) is 10.4. The van der Waals surface area contributed by atoms with Crippen molar-refractivity contribution in [3.63, 3.8) is 0 Å². The first-order valence-electron chi connectivity index (χ1n) is 6.11. The highest BCUT2D eigenvalue weighted by Crippen LogP contribution is 2.02. The lowest BCUT2D eigenvalue weighted by Crippen LogP contribution is -2.31. The van der Waals surface area contributed by atoms with Crippen LogP contribution in [0.25, 0.3) is 0 Å². The zero-order valence-electron chi connectivity index (χ0n) is 10.7. The molecular weight excluding hydrogens is 273 g/mol. The molecule has 0 radical (unpaired) electrons. The van der Waals surface area contributed by atoms with Gasteiger partial charge in [0.05, 0.1) is 6.21 Å². The standard InChI is InChI=1S/C15H14FN3S/c16-14-9-5-4-8-13(14)11-18-19-15(20)17-10-12-6-2-1-3-7-12/h1-9,11H,10H2,(H2,17,19,20)/b18-11-. The first-order chi connectivity index (χ1) is 9.75. The third-order valence-corrected chi connectivity index (χ3v) is 2.81. The monoisotopic (exact) mass is 287 g/mol. The van der Waals surface area contributed by atoms with E-state index in [9.17, 15) is 4.39 Å². The summed E-state index contributed by atoms with van der Waals surface area (Å²) >= 11 is 5.07. The molecule has 0 aliphatic rings. The molecule has 0 bridgehead atoms. The molecule has 0 amide bonds. The highest BCUT2D eigenvalue weighted by Gasteiger charge is 1.97. The van der Waals surface area contributed by atoms with Crippen LogP contribution < -0.4 is 10.7 Å². The lowest BCUT2D eigenvalue weighted by molar-refractivity contribution is 0.626. The molecule has 20 heavy (non-hydrogen) atoms. The van der Waals surface area contributed by atoms with Crippen molar-refractivity contribution in [2.45, 2.75) is 6.54 Å². The molecular formula is C15H14FN3S. The van der Waals surface area contributed by atoms with Gasteiger partial charge in [0.25, 0.3) is 0 Å². The summed E-state index contributed by atoms with van der Waals surface area (Å²) in [5, 5.41) is 7.30. The first-order valence-corrected chi connectivity index (χ1v) is 6.52. The van der Waals surface area contributed by atoms with Gasteiger partial charge in [0.15, 0.2) is 5.11 Å². The summed E-state index contributed by atoms with van der Waals surface area (Å²) in [5.74, 6) is -0.318. The Morgan fingerprint density at radius 3 is 2.55 bits per heavy atom. The molecule has 0 heterocycles. The minimum Gasteiger partial charge on any atom is -0.357 e. The smallest absolute Gasteiger partial charge is 0.187 e. The van der Waals surface area contributed by atoms with Crippen molar-refractivity contribution >= 4 is 23.5 Å². The van der Waals surface area contributed by atoms with Gasteiger partial charge in [0.2, 0.25) is 0 Å². The van der Waals surface area contributed by atoms with E-state index in [-0.39, 0.29) is 5.82 Å². The van der Waals surface area contributed by atoms with E-state index in [4.69, 9.17) is 12.2 Å². The molecule has 3 nitrogen and oxygen atoms in total. The molecule has 0 aliphatic carbocycles. The van der Waals surface area contributed by atoms with Gasteiger partial charge in [-0.05, 0) is 23.8 Å². The van der Waals surface area contributed by atoms with Crippen molar-refractivity contribution in [1.82, 2.24) is 10.7 Å². The van der Waals surface area contributed by atoms with E-state index in [2.05, 4.69) is 15.8 Å². The molecule has 0 aliphatic heterocycles. The van der Waals surface area contributed by atoms with E-state index < -0.39 is 0 Å². The van der Waals surface area contributed by atoms with Gasteiger partial charge in [0.1, 0.15) is 5.82 Å². The van der Waals surface area contributed by atoms with Crippen LogP contribution in [0.5, 0.6) is 0 Å². The van der Waals surface area contributed by atoms with Crippen molar-refractivity contribution in [3.8, 4) is 0 Å². The number of thiocarbonyl (C=S) groups is 1. The fourth-order valence-corrected chi connectivity index (χ4v) is 1.68. The Kier molecular flexibility index (Phi) is 5.20. The maximum Gasteiger partial charge on any atom is 0.187 e. The van der Waals surface area contributed by atoms with Gasteiger partial charge in [-0.1, -0.05) is 48.5 Å². The molecule has 2 aromatic carbocycles. The molecule has 0 spiro atoms. The summed E-state index contributed by atoms with van der Waals surface area (Å²) in [6.07, 6.45) is 1.39. The third kappa shape index (κ3) is 4.44. The number of nitrogens with one attached hydrogen (secondary N) is 2. The Balaban J connectivity index is 1.79. The van der Waals surface area contributed by atoms with Crippen molar-refractivity contribution in [3.05, 3.63) is 71.5 Å². The van der Waals surface area contributed by atoms with Crippen molar-refractivity contribution in [2.75, 3.05) is 0 Å². The number of halogens is 1. The van der Waals surface area contributed by atoms with Crippen LogP contribution in [0.3, 0.4) is 0 Å². The van der Waals surface area contributed by atoms with Gasteiger partial charge in [-0.15, -0.1) is 0 Å². The SMILES string of the molecule is Fc1ccccc1/C=N\NC(=S)NCc1ccccc1. The number of rotatable bonds is 4. The molecule has 0 unspecified atom stereocenters. The average molecular weight is 287 g/mol. The quantitative estimate of drug-likeness (QED) is 0.516. The lowest BCUT2D eigenvalue weighted by atomic mass is 10.2. The molecule has 102 valence electrons. The van der Waals surface area contributed by atoms with E-state index in [1.807, 2.05) is 30.3 Å². The van der Waals surface area contributed by atoms with E-state index in [1.165, 1.54) is 12.3 Å². The highest BCUT2D eigenvalue weighted by atomic mass is 32.1. The second kappa shape index (κ2) is 7.35. The van der Waals surface area contributed by atoms with Crippen LogP contribution in [-0.2, 0) is 6.54 Å². The fraction of sp³-hybridized carbons (Fsp3) is 0.0667. The minimum absolute atomic E-state index is 0.318. The van der Waals surface area contributed by atoms with E-state index in [0.29, 0.717) is 17.2 Å². The minimum atomic E-state index is -0.318. The Hall–Kier alpha value is -2.27. The van der Waals surface area contributed by atoms with Crippen molar-refractivity contribution in [2.24, 2.45) is 5.10 Å². The molecule has 0 aromatic heterocycles. The maximum absolute atomic E-state index is 13.3. The van der Waals surface area contributed by atoms with Gasteiger partial charge < -0.3 is 5.32 Å². The molecule has 2 rings (SSSR count). The maximum atomic E-state index is 13.3. The van der Waals surface area contributed by atoms with Crippen LogP contribution in [0, 0.1) is 5.82 Å². The number of hydrogen-bond acceptors (Lipinski definition) is 2. The van der Waals surface area contributed by atoms with Gasteiger partial charge in [-0.2, -0.15) is 5.10 Å². The average Bonchev–Trinajstić information content (AvgIpc) is 2.48. The largest absolute Gasteiger partial charge is 0.357 e. The van der Waals surface area contributed by atoms with E-state index in [1.54, 1.807) is 18.2 Å². The van der Waals surface area contributed by atoms with Crippen molar-refractivity contribution < 1.29 is 4.39 Å². The zero-order valence-corrected chi connectivity index (χ0v) is 11.5. The van der Waals surface area contributed by atoms with Gasteiger partial charge >= 0.3 is 0 Å². The van der Waals surface area contributed by atoms with Crippen molar-refractivity contribution in [1.29, 1.82) is 0 Å². The predicted molar refractivity (Wildman–Crippen MR) is 83.0 cm³/mol. The van der Waals surface area contributed by atoms with Crippen LogP contribution in [-0.4, -0.2) is 11.3 Å². The topological polar surface area (TPSA) is 36.4 Å². The van der Waals surface area contributed by atoms with Crippen LogP contribution >= 0.6 is 12.2 Å². The van der Waals surface area contributed by atoms with E-state index in [0.717, 1.165) is 5.56 Å². The summed E-state index contributed by atoms with van der Waals surface area (Å²) in [4.78, 5) is 0. The molecule has 0 saturated heterocycles. The van der Waals surface area contributed by atoms with Gasteiger partial charge in [-0.3, -0.25) is 5.43 Å². The summed E-state index contributed by atoms with van der Waals surface area (Å²) in [6, 6.07) is 16.3. The third-order valence-electron chi connectivity index (χ3n) is 2.57. The van der Waals surface area contributed by atoms with E-state index >= 15 is 0 Å². The highest BCUT2D eigenvalue weighted by molar-refractivity contribution is 7.80. The lowest BCUT2D eigenvalue weighted by Gasteiger charge is -2.06. The molecule has 2 aromatic rings. The molecule has 5 heteroatoms. The molecule has 0 saturated carbocycles. The Bertz CT molecular complexity index is 599. The van der Waals surface area contributed by atoms with Crippen LogP contribution in [0.2, 0.25) is 0 Å². The number of nitrogens with zero attached hydrogens (tertiary/aromatic N) is 1. The summed E-state index contributed by atoms with van der Waals surface area (Å²) in [6.45, 7) is 0.613. The van der Waals surface area contributed by atoms with Crippen LogP contribution in [0.15, 0.2) is 59.7 Å². The second-order valence-corrected chi connectivity index (χ2v) is 4.47. The summed E-state index contributed by atoms with van der Waals surface area (Å²) in [7, 11) is 0. The first kappa shape index (κ1) is 14.1. The Morgan fingerprint density at radius 2 is 1.80 bits per heavy atom. The second-order valence-electron chi connectivity index (χ2n) is 4.06. The number of benzene rings is 2. The number of hydrogen-bond donors (Lipinski definition) is 2. The predicted octanol–water partition coefficient (Wildman–Crippen LogP) is 2.82. The Morgan fingerprint density at radius 1 is 1.10 bits per heavy atom. The van der Waals surface area contributed by atoms with Gasteiger partial charge in [0, 0.05) is 12.1 Å². The summed E-state index contributed by atoms with van der Waals surface area (Å²) < 4.78 is 13.3.